The lowest BCUT2D eigenvalue weighted by atomic mass is 9.98. The largest absolute Gasteiger partial charge is 0.476 e. The van der Waals surface area contributed by atoms with Crippen molar-refractivity contribution in [3.05, 3.63) is 30.1 Å². The summed E-state index contributed by atoms with van der Waals surface area (Å²) in [6.45, 7) is 3.15. The number of aliphatic hydroxyl groups is 1. The van der Waals surface area contributed by atoms with Crippen LogP contribution in [0.3, 0.4) is 0 Å². The maximum absolute atomic E-state index is 11.6. The lowest BCUT2D eigenvalue weighted by Gasteiger charge is -2.22. The number of rotatable bonds is 2. The molecule has 0 aromatic carbocycles. The van der Waals surface area contributed by atoms with E-state index in [1.54, 1.807) is 22.7 Å². The summed E-state index contributed by atoms with van der Waals surface area (Å²) in [6.07, 6.45) is 3.86. The molecule has 1 fully saturated rings. The monoisotopic (exact) mass is 289 g/mol. The van der Waals surface area contributed by atoms with Gasteiger partial charge in [0.15, 0.2) is 11.5 Å². The highest BCUT2D eigenvalue weighted by atomic mass is 16.4. The molecule has 1 unspecified atom stereocenters. The van der Waals surface area contributed by atoms with E-state index in [2.05, 4.69) is 4.98 Å². The van der Waals surface area contributed by atoms with Crippen LogP contribution in [0.1, 0.15) is 36.7 Å². The molecule has 2 aromatic heterocycles. The molecule has 6 nitrogen and oxygen atoms in total. The zero-order valence-corrected chi connectivity index (χ0v) is 12.0. The van der Waals surface area contributed by atoms with Gasteiger partial charge in [-0.15, -0.1) is 0 Å². The Hall–Kier alpha value is -2.08. The van der Waals surface area contributed by atoms with Crippen molar-refractivity contribution in [1.82, 2.24) is 9.38 Å². The van der Waals surface area contributed by atoms with E-state index in [0.29, 0.717) is 31.0 Å². The Morgan fingerprint density at radius 1 is 1.33 bits per heavy atom. The Bertz CT molecular complexity index is 678. The number of anilines is 1. The fourth-order valence-electron chi connectivity index (χ4n) is 2.88. The molecule has 6 heteroatoms. The van der Waals surface area contributed by atoms with Crippen LogP contribution in [0.5, 0.6) is 0 Å². The number of carboxylic acid groups (broad SMARTS) is 1. The highest BCUT2D eigenvalue weighted by molar-refractivity contribution is 5.93. The molecule has 1 saturated heterocycles. The number of imidazole rings is 1. The molecule has 0 bridgehead atoms. The van der Waals surface area contributed by atoms with Crippen LogP contribution in [-0.2, 0) is 0 Å². The normalized spacial score (nSPS) is 23.2. The van der Waals surface area contributed by atoms with Gasteiger partial charge in [-0.05, 0) is 38.3 Å². The number of hydrogen-bond acceptors (Lipinski definition) is 4. The van der Waals surface area contributed by atoms with Gasteiger partial charge in [-0.1, -0.05) is 6.07 Å². The van der Waals surface area contributed by atoms with Crippen LogP contribution in [0.4, 0.5) is 5.82 Å². The van der Waals surface area contributed by atoms with E-state index in [9.17, 15) is 15.0 Å². The lowest BCUT2D eigenvalue weighted by Crippen LogP contribution is -2.29. The minimum absolute atomic E-state index is 0.187. The van der Waals surface area contributed by atoms with Crippen molar-refractivity contribution in [1.29, 1.82) is 0 Å². The van der Waals surface area contributed by atoms with E-state index in [1.807, 2.05) is 17.9 Å². The van der Waals surface area contributed by atoms with Gasteiger partial charge < -0.3 is 15.1 Å². The fraction of sp³-hybridized carbons (Fsp3) is 0.467. The van der Waals surface area contributed by atoms with Crippen molar-refractivity contribution in [2.24, 2.45) is 0 Å². The number of aromatic carboxylic acids is 1. The van der Waals surface area contributed by atoms with Crippen LogP contribution < -0.4 is 4.90 Å². The Morgan fingerprint density at radius 2 is 2.14 bits per heavy atom. The van der Waals surface area contributed by atoms with Gasteiger partial charge in [0.1, 0.15) is 5.65 Å². The second-order valence-corrected chi connectivity index (χ2v) is 5.86. The first-order valence-electron chi connectivity index (χ1n) is 7.16. The van der Waals surface area contributed by atoms with Gasteiger partial charge >= 0.3 is 5.97 Å². The zero-order valence-electron chi connectivity index (χ0n) is 12.0. The molecule has 112 valence electrons. The second-order valence-electron chi connectivity index (χ2n) is 5.86. The first-order chi connectivity index (χ1) is 9.98. The fourth-order valence-corrected chi connectivity index (χ4v) is 2.88. The van der Waals surface area contributed by atoms with Crippen LogP contribution in [0.25, 0.3) is 5.65 Å². The highest BCUT2D eigenvalue weighted by Gasteiger charge is 2.29. The Kier molecular flexibility index (Phi) is 3.33. The number of carbonyl (C=O) groups is 1. The summed E-state index contributed by atoms with van der Waals surface area (Å²) in [6, 6.07) is 5.42. The van der Waals surface area contributed by atoms with Gasteiger partial charge in [0.2, 0.25) is 0 Å². The third kappa shape index (κ3) is 2.58. The number of pyridine rings is 1. The van der Waals surface area contributed by atoms with Crippen molar-refractivity contribution >= 4 is 17.4 Å². The topological polar surface area (TPSA) is 78.1 Å². The summed E-state index contributed by atoms with van der Waals surface area (Å²) >= 11 is 0. The average molecular weight is 289 g/mol. The Balaban J connectivity index is 2.03. The van der Waals surface area contributed by atoms with Crippen molar-refractivity contribution in [3.63, 3.8) is 0 Å². The van der Waals surface area contributed by atoms with Crippen LogP contribution in [0, 0.1) is 0 Å². The molecule has 0 spiro atoms. The molecule has 21 heavy (non-hydrogen) atoms. The third-order valence-electron chi connectivity index (χ3n) is 4.08. The number of fused-ring (bicyclic) bond motifs is 1. The quantitative estimate of drug-likeness (QED) is 0.881. The number of hydrogen-bond donors (Lipinski definition) is 2. The molecule has 2 aromatic rings. The van der Waals surface area contributed by atoms with E-state index < -0.39 is 11.6 Å². The van der Waals surface area contributed by atoms with Crippen LogP contribution in [0.2, 0.25) is 0 Å². The minimum Gasteiger partial charge on any atom is -0.476 e. The molecule has 3 heterocycles. The lowest BCUT2D eigenvalue weighted by molar-refractivity contribution is 0.0481. The molecule has 3 rings (SSSR count). The van der Waals surface area contributed by atoms with Crippen molar-refractivity contribution in [2.75, 3.05) is 18.0 Å². The average Bonchev–Trinajstić information content (AvgIpc) is 2.72. The molecule has 0 radical (unpaired) electrons. The Labute approximate surface area is 122 Å². The van der Waals surface area contributed by atoms with Crippen LogP contribution in [-0.4, -0.2) is 44.3 Å². The van der Waals surface area contributed by atoms with Crippen molar-refractivity contribution in [3.8, 4) is 0 Å². The summed E-state index contributed by atoms with van der Waals surface area (Å²) < 4.78 is 1.60. The summed E-state index contributed by atoms with van der Waals surface area (Å²) in [4.78, 5) is 18.1. The van der Waals surface area contributed by atoms with Crippen LogP contribution in [0.15, 0.2) is 24.4 Å². The van der Waals surface area contributed by atoms with Gasteiger partial charge in [-0.25, -0.2) is 9.78 Å². The van der Waals surface area contributed by atoms with Crippen molar-refractivity contribution in [2.45, 2.75) is 31.8 Å². The summed E-state index contributed by atoms with van der Waals surface area (Å²) in [5.41, 5.74) is 0.130. The SMILES string of the molecule is CC1(O)CCCN(c2nc3ccccn3c2C(=O)O)CC1. The maximum Gasteiger partial charge on any atom is 0.356 e. The summed E-state index contributed by atoms with van der Waals surface area (Å²) in [7, 11) is 0. The summed E-state index contributed by atoms with van der Waals surface area (Å²) in [5, 5.41) is 19.7. The predicted molar refractivity (Wildman–Crippen MR) is 78.8 cm³/mol. The molecule has 0 amide bonds. The van der Waals surface area contributed by atoms with Crippen LogP contribution >= 0.6 is 0 Å². The molecular formula is C15H19N3O3. The molecule has 1 atom stereocenters. The van der Waals surface area contributed by atoms with Crippen molar-refractivity contribution < 1.29 is 15.0 Å². The van der Waals surface area contributed by atoms with E-state index in [0.717, 1.165) is 12.8 Å². The zero-order chi connectivity index (χ0) is 15.0. The third-order valence-corrected chi connectivity index (χ3v) is 4.08. The first kappa shape index (κ1) is 13.9. The highest BCUT2D eigenvalue weighted by Crippen LogP contribution is 2.27. The minimum atomic E-state index is -0.986. The standard InChI is InChI=1S/C15H19N3O3/c1-15(21)6-4-8-17(10-7-15)13-12(14(19)20)18-9-3-2-5-11(18)16-13/h2-3,5,9,21H,4,6-8,10H2,1H3,(H,19,20). The molecule has 0 saturated carbocycles. The summed E-state index contributed by atoms with van der Waals surface area (Å²) in [5.74, 6) is -0.494. The number of carboxylic acids is 1. The first-order valence-corrected chi connectivity index (χ1v) is 7.16. The van der Waals surface area contributed by atoms with Gasteiger partial charge in [-0.2, -0.15) is 0 Å². The predicted octanol–water partition coefficient (Wildman–Crippen LogP) is 1.77. The molecule has 1 aliphatic rings. The molecule has 1 aliphatic heterocycles. The maximum atomic E-state index is 11.6. The van der Waals surface area contributed by atoms with E-state index in [1.165, 1.54) is 0 Å². The molecule has 2 N–H and O–H groups in total. The van der Waals surface area contributed by atoms with Gasteiger partial charge in [0, 0.05) is 19.3 Å². The molecule has 0 aliphatic carbocycles. The number of nitrogens with zero attached hydrogens (tertiary/aromatic N) is 3. The van der Waals surface area contributed by atoms with E-state index >= 15 is 0 Å². The van der Waals surface area contributed by atoms with Gasteiger partial charge in [-0.3, -0.25) is 4.40 Å². The molecular weight excluding hydrogens is 270 g/mol. The van der Waals surface area contributed by atoms with Gasteiger partial charge in [0.25, 0.3) is 0 Å². The smallest absolute Gasteiger partial charge is 0.356 e. The van der Waals surface area contributed by atoms with E-state index in [4.69, 9.17) is 0 Å². The van der Waals surface area contributed by atoms with Gasteiger partial charge in [0.05, 0.1) is 5.60 Å². The second kappa shape index (κ2) is 5.04. The number of aromatic nitrogens is 2. The van der Waals surface area contributed by atoms with E-state index in [-0.39, 0.29) is 5.69 Å². The Morgan fingerprint density at radius 3 is 2.90 bits per heavy atom.